The van der Waals surface area contributed by atoms with Gasteiger partial charge in [0, 0.05) is 38.6 Å². The van der Waals surface area contributed by atoms with Gasteiger partial charge in [-0.1, -0.05) is 42.0 Å². The predicted molar refractivity (Wildman–Crippen MR) is 128 cm³/mol. The quantitative estimate of drug-likeness (QED) is 0.396. The zero-order valence-corrected chi connectivity index (χ0v) is 19.6. The number of hydrogen-bond acceptors (Lipinski definition) is 6. The first-order chi connectivity index (χ1) is 16.4. The van der Waals surface area contributed by atoms with E-state index in [-0.39, 0.29) is 18.4 Å². The molecular formula is C25H31N5O4. The number of nitrogens with zero attached hydrogens (tertiary/aromatic N) is 5. The monoisotopic (exact) mass is 465 g/mol. The molecule has 1 N–H and O–H groups in total. The Bertz CT molecular complexity index is 1000. The van der Waals surface area contributed by atoms with E-state index in [9.17, 15) is 9.59 Å². The van der Waals surface area contributed by atoms with Crippen molar-refractivity contribution in [3.8, 4) is 0 Å². The zero-order valence-electron chi connectivity index (χ0n) is 19.6. The second-order valence-corrected chi connectivity index (χ2v) is 8.57. The number of piperidine rings is 1. The van der Waals surface area contributed by atoms with Gasteiger partial charge in [-0.05, 0) is 38.7 Å². The van der Waals surface area contributed by atoms with Crippen LogP contribution >= 0.6 is 0 Å². The fourth-order valence-corrected chi connectivity index (χ4v) is 4.49. The second-order valence-electron chi connectivity index (χ2n) is 8.57. The molecule has 2 fully saturated rings. The fraction of sp³-hybridized carbons (Fsp3) is 0.400. The summed E-state index contributed by atoms with van der Waals surface area (Å²) in [5, 5.41) is 6.89. The summed E-state index contributed by atoms with van der Waals surface area (Å²) in [6.07, 6.45) is 8.99. The lowest BCUT2D eigenvalue weighted by Gasteiger charge is -2.42. The maximum Gasteiger partial charge on any atom is 0.327 e. The minimum atomic E-state index is -0.795. The number of amides is 3. The van der Waals surface area contributed by atoms with Crippen LogP contribution in [0, 0.1) is 0 Å². The number of carbonyl (C=O) groups is 3. The van der Waals surface area contributed by atoms with Crippen LogP contribution in [0.1, 0.15) is 38.7 Å². The Morgan fingerprint density at radius 2 is 1.79 bits per heavy atom. The Morgan fingerprint density at radius 3 is 2.38 bits per heavy atom. The molecule has 0 saturated carbocycles. The highest BCUT2D eigenvalue weighted by atomic mass is 16.3. The van der Waals surface area contributed by atoms with Crippen LogP contribution in [0.4, 0.5) is 10.6 Å². The third-order valence-corrected chi connectivity index (χ3v) is 6.17. The lowest BCUT2D eigenvalue weighted by Crippen LogP contribution is -2.56. The summed E-state index contributed by atoms with van der Waals surface area (Å²) >= 11 is 0. The van der Waals surface area contributed by atoms with Crippen molar-refractivity contribution in [3.63, 3.8) is 0 Å². The van der Waals surface area contributed by atoms with Crippen molar-refractivity contribution >= 4 is 24.2 Å². The summed E-state index contributed by atoms with van der Waals surface area (Å²) in [5.74, 6) is 0.749. The second kappa shape index (κ2) is 11.4. The summed E-state index contributed by atoms with van der Waals surface area (Å²) in [7, 11) is 0. The van der Waals surface area contributed by atoms with Gasteiger partial charge in [-0.2, -0.15) is 0 Å². The summed E-state index contributed by atoms with van der Waals surface area (Å²) in [5.41, 5.74) is 1.43. The molecular weight excluding hydrogens is 434 g/mol. The molecule has 2 aliphatic rings. The molecule has 3 amide bonds. The molecule has 9 nitrogen and oxygen atoms in total. The number of imide groups is 1. The molecule has 2 saturated heterocycles. The third-order valence-electron chi connectivity index (χ3n) is 6.17. The molecule has 34 heavy (non-hydrogen) atoms. The Balaban J connectivity index is 0.00000103. The number of benzene rings is 1. The first-order valence-corrected chi connectivity index (χ1v) is 11.3. The summed E-state index contributed by atoms with van der Waals surface area (Å²) in [4.78, 5) is 49.3. The molecule has 4 rings (SSSR count). The molecule has 1 spiro atoms. The van der Waals surface area contributed by atoms with Crippen LogP contribution in [-0.2, 0) is 16.1 Å². The van der Waals surface area contributed by atoms with Crippen LogP contribution in [0.2, 0.25) is 0 Å². The summed E-state index contributed by atoms with van der Waals surface area (Å²) < 4.78 is 0. The van der Waals surface area contributed by atoms with Gasteiger partial charge in [-0.15, -0.1) is 0 Å². The number of anilines is 1. The Kier molecular flexibility index (Phi) is 8.34. The molecule has 1 aromatic heterocycles. The van der Waals surface area contributed by atoms with E-state index in [1.54, 1.807) is 23.5 Å². The largest absolute Gasteiger partial charge is 0.483 e. The fourth-order valence-electron chi connectivity index (χ4n) is 4.49. The van der Waals surface area contributed by atoms with Crippen molar-refractivity contribution in [2.75, 3.05) is 24.5 Å². The smallest absolute Gasteiger partial charge is 0.327 e. The van der Waals surface area contributed by atoms with Crippen LogP contribution in [0.25, 0.3) is 0 Å². The normalized spacial score (nSPS) is 16.8. The zero-order chi connectivity index (χ0) is 24.6. The van der Waals surface area contributed by atoms with Gasteiger partial charge in [0.15, 0.2) is 0 Å². The van der Waals surface area contributed by atoms with Crippen LogP contribution in [0.3, 0.4) is 0 Å². The molecule has 2 aromatic rings. The standard InChI is InChI=1S/C24H29N5O2.CH2O2/c1-19(2)7-6-14-28-22(30)24(29(23(28)31)18-20-8-4-3-5-9-20)10-15-27(16-11-24)21-17-25-12-13-26-21;2-1-3/h3-5,7-9,12-13,17H,6,10-11,14-16,18H2,1-2H3;1H,(H,2,3). The molecule has 0 aliphatic carbocycles. The minimum Gasteiger partial charge on any atom is -0.483 e. The van der Waals surface area contributed by atoms with E-state index in [4.69, 9.17) is 9.90 Å². The number of aromatic nitrogens is 2. The third kappa shape index (κ3) is 5.41. The number of rotatable bonds is 6. The lowest BCUT2D eigenvalue weighted by atomic mass is 9.85. The van der Waals surface area contributed by atoms with Gasteiger partial charge >= 0.3 is 6.03 Å². The van der Waals surface area contributed by atoms with Crippen LogP contribution < -0.4 is 4.90 Å². The summed E-state index contributed by atoms with van der Waals surface area (Å²) in [6.45, 7) is 5.98. The SMILES string of the molecule is CC(C)=CCCN1C(=O)N(Cc2ccccc2)C2(CCN(c3cnccn3)CC2)C1=O.O=CO. The van der Waals surface area contributed by atoms with Crippen molar-refractivity contribution < 1.29 is 19.5 Å². The van der Waals surface area contributed by atoms with Gasteiger partial charge < -0.3 is 14.9 Å². The molecule has 0 bridgehead atoms. The van der Waals surface area contributed by atoms with E-state index in [1.165, 1.54) is 10.5 Å². The molecule has 1 aromatic carbocycles. The van der Waals surface area contributed by atoms with Crippen molar-refractivity contribution in [2.45, 2.75) is 45.2 Å². The van der Waals surface area contributed by atoms with E-state index < -0.39 is 5.54 Å². The average Bonchev–Trinajstić information content (AvgIpc) is 3.03. The Hall–Kier alpha value is -3.75. The van der Waals surface area contributed by atoms with Gasteiger partial charge in [-0.25, -0.2) is 9.78 Å². The predicted octanol–water partition coefficient (Wildman–Crippen LogP) is 3.34. The van der Waals surface area contributed by atoms with Crippen LogP contribution in [0.15, 0.2) is 60.6 Å². The van der Waals surface area contributed by atoms with Gasteiger partial charge in [0.1, 0.15) is 11.4 Å². The molecule has 2 aliphatic heterocycles. The van der Waals surface area contributed by atoms with Gasteiger partial charge in [-0.3, -0.25) is 19.5 Å². The average molecular weight is 466 g/mol. The van der Waals surface area contributed by atoms with Crippen LogP contribution in [0.5, 0.6) is 0 Å². The van der Waals surface area contributed by atoms with Gasteiger partial charge in [0.25, 0.3) is 12.4 Å². The molecule has 9 heteroatoms. The van der Waals surface area contributed by atoms with Crippen LogP contribution in [-0.4, -0.2) is 68.5 Å². The highest BCUT2D eigenvalue weighted by Gasteiger charge is 2.57. The molecule has 0 atom stereocenters. The van der Waals surface area contributed by atoms with Crippen molar-refractivity contribution in [2.24, 2.45) is 0 Å². The highest BCUT2D eigenvalue weighted by molar-refractivity contribution is 6.07. The summed E-state index contributed by atoms with van der Waals surface area (Å²) in [6, 6.07) is 9.73. The number of urea groups is 1. The van der Waals surface area contributed by atoms with Gasteiger partial charge in [0.05, 0.1) is 6.20 Å². The number of allylic oxidation sites excluding steroid dienone is 1. The van der Waals surface area contributed by atoms with Crippen molar-refractivity contribution in [1.82, 2.24) is 19.8 Å². The Morgan fingerprint density at radius 1 is 1.12 bits per heavy atom. The molecule has 0 radical (unpaired) electrons. The maximum atomic E-state index is 13.6. The number of carboxylic acid groups (broad SMARTS) is 1. The topological polar surface area (TPSA) is 107 Å². The minimum absolute atomic E-state index is 0.0608. The number of hydrogen-bond donors (Lipinski definition) is 1. The van der Waals surface area contributed by atoms with E-state index in [0.29, 0.717) is 45.4 Å². The maximum absolute atomic E-state index is 13.6. The number of carbonyl (C=O) groups excluding carboxylic acids is 2. The Labute approximate surface area is 199 Å². The molecule has 3 heterocycles. The van der Waals surface area contributed by atoms with E-state index >= 15 is 0 Å². The van der Waals surface area contributed by atoms with E-state index in [1.807, 2.05) is 44.2 Å². The van der Waals surface area contributed by atoms with Gasteiger partial charge in [0.2, 0.25) is 0 Å². The molecule has 0 unspecified atom stereocenters. The molecule has 180 valence electrons. The van der Waals surface area contributed by atoms with E-state index in [2.05, 4.69) is 20.9 Å². The first-order valence-electron chi connectivity index (χ1n) is 11.3. The van der Waals surface area contributed by atoms with Crippen molar-refractivity contribution in [3.05, 3.63) is 66.1 Å². The van der Waals surface area contributed by atoms with E-state index in [0.717, 1.165) is 11.4 Å². The highest BCUT2D eigenvalue weighted by Crippen LogP contribution is 2.39. The lowest BCUT2D eigenvalue weighted by molar-refractivity contribution is -0.134. The van der Waals surface area contributed by atoms with Crippen molar-refractivity contribution in [1.29, 1.82) is 0 Å². The first kappa shape index (κ1) is 24.9.